The number of halogens is 1. The number of esters is 1. The first kappa shape index (κ1) is 15.9. The molecule has 1 heterocycles. The summed E-state index contributed by atoms with van der Waals surface area (Å²) in [6.45, 7) is 5.42. The Balaban J connectivity index is 2.62. The fourth-order valence-corrected chi connectivity index (χ4v) is 2.68. The van der Waals surface area contributed by atoms with Gasteiger partial charge < -0.3 is 14.6 Å². The molecule has 1 rings (SSSR count). The van der Waals surface area contributed by atoms with Gasteiger partial charge in [-0.05, 0) is 26.2 Å². The maximum Gasteiger partial charge on any atom is 0.302 e. The van der Waals surface area contributed by atoms with Crippen LogP contribution in [0, 0.1) is 0 Å². The highest BCUT2D eigenvalue weighted by atomic mass is 79.9. The Morgan fingerprint density at radius 1 is 1.56 bits per heavy atom. The summed E-state index contributed by atoms with van der Waals surface area (Å²) in [4.78, 5) is 11.3. The molecule has 0 radical (unpaired) electrons. The quantitative estimate of drug-likeness (QED) is 0.640. The molecule has 4 nitrogen and oxygen atoms in total. The van der Waals surface area contributed by atoms with Crippen LogP contribution in [0.15, 0.2) is 0 Å². The van der Waals surface area contributed by atoms with Crippen molar-refractivity contribution in [2.24, 2.45) is 0 Å². The molecule has 1 N–H and O–H groups in total. The molecule has 0 aromatic rings. The number of rotatable bonds is 3. The van der Waals surface area contributed by atoms with Crippen LogP contribution in [-0.4, -0.2) is 40.3 Å². The van der Waals surface area contributed by atoms with Crippen molar-refractivity contribution in [1.29, 1.82) is 0 Å². The topological polar surface area (TPSA) is 55.8 Å². The van der Waals surface area contributed by atoms with E-state index in [-0.39, 0.29) is 18.2 Å². The lowest BCUT2D eigenvalue weighted by molar-refractivity contribution is -0.159. The Morgan fingerprint density at radius 3 is 2.78 bits per heavy atom. The molecule has 0 spiro atoms. The number of hydrogen-bond acceptors (Lipinski definition) is 4. The van der Waals surface area contributed by atoms with E-state index in [1.165, 1.54) is 6.92 Å². The second kappa shape index (κ2) is 7.46. The zero-order chi connectivity index (χ0) is 13.7. The van der Waals surface area contributed by atoms with Gasteiger partial charge in [-0.3, -0.25) is 4.79 Å². The van der Waals surface area contributed by atoms with Crippen molar-refractivity contribution in [2.75, 3.05) is 0 Å². The lowest BCUT2D eigenvalue weighted by atomic mass is 9.97. The van der Waals surface area contributed by atoms with Gasteiger partial charge in [-0.15, -0.1) is 0 Å². The van der Waals surface area contributed by atoms with Gasteiger partial charge in [0.05, 0.1) is 18.3 Å². The largest absolute Gasteiger partial charge is 0.460 e. The normalized spacial score (nSPS) is 35.4. The van der Waals surface area contributed by atoms with Crippen LogP contribution in [0.5, 0.6) is 0 Å². The molecule has 0 amide bonds. The van der Waals surface area contributed by atoms with Crippen LogP contribution in [0.3, 0.4) is 0 Å². The SMILES string of the molecule is CC[C@H](Br)[C@@H]1CC[C@@H](O)[C@@H](OC(C)=O)C[C@@H](C)O1. The monoisotopic (exact) mass is 322 g/mol. The number of ether oxygens (including phenoxy) is 2. The van der Waals surface area contributed by atoms with Crippen LogP contribution in [0.25, 0.3) is 0 Å². The second-order valence-electron chi connectivity index (χ2n) is 4.94. The average Bonchev–Trinajstić information content (AvgIpc) is 2.30. The summed E-state index contributed by atoms with van der Waals surface area (Å²) in [6, 6.07) is 0. The molecule has 1 saturated heterocycles. The second-order valence-corrected chi connectivity index (χ2v) is 6.11. The minimum atomic E-state index is -0.598. The van der Waals surface area contributed by atoms with Gasteiger partial charge in [0.25, 0.3) is 0 Å². The molecule has 0 bridgehead atoms. The van der Waals surface area contributed by atoms with Crippen molar-refractivity contribution < 1.29 is 19.4 Å². The number of carbonyl (C=O) groups is 1. The molecule has 18 heavy (non-hydrogen) atoms. The van der Waals surface area contributed by atoms with Gasteiger partial charge in [-0.1, -0.05) is 22.9 Å². The van der Waals surface area contributed by atoms with Crippen molar-refractivity contribution in [3.8, 4) is 0 Å². The first-order chi connectivity index (χ1) is 8.43. The van der Waals surface area contributed by atoms with Crippen molar-refractivity contribution >= 4 is 21.9 Å². The predicted octanol–water partition coefficient (Wildman–Crippen LogP) is 2.41. The van der Waals surface area contributed by atoms with Crippen molar-refractivity contribution in [3.63, 3.8) is 0 Å². The number of aliphatic hydroxyl groups excluding tert-OH is 1. The van der Waals surface area contributed by atoms with Crippen LogP contribution in [0.2, 0.25) is 0 Å². The first-order valence-electron chi connectivity index (χ1n) is 6.58. The van der Waals surface area contributed by atoms with Crippen LogP contribution >= 0.6 is 15.9 Å². The first-order valence-corrected chi connectivity index (χ1v) is 7.50. The van der Waals surface area contributed by atoms with E-state index in [9.17, 15) is 9.90 Å². The Hall–Kier alpha value is -0.130. The molecule has 1 aliphatic heterocycles. The van der Waals surface area contributed by atoms with Crippen LogP contribution < -0.4 is 0 Å². The highest BCUT2D eigenvalue weighted by Crippen LogP contribution is 2.26. The molecule has 1 aliphatic rings. The summed E-state index contributed by atoms with van der Waals surface area (Å²) in [6.07, 6.45) is 1.93. The third-order valence-corrected chi connectivity index (χ3v) is 4.50. The molecule has 0 aromatic heterocycles. The van der Waals surface area contributed by atoms with Gasteiger partial charge in [-0.2, -0.15) is 0 Å². The van der Waals surface area contributed by atoms with E-state index >= 15 is 0 Å². The Labute approximate surface area is 117 Å². The van der Waals surface area contributed by atoms with E-state index in [1.54, 1.807) is 0 Å². The summed E-state index contributed by atoms with van der Waals surface area (Å²) in [5.41, 5.74) is 0. The van der Waals surface area contributed by atoms with Crippen molar-refractivity contribution in [3.05, 3.63) is 0 Å². The lowest BCUT2D eigenvalue weighted by Crippen LogP contribution is -2.40. The van der Waals surface area contributed by atoms with E-state index in [1.807, 2.05) is 6.92 Å². The predicted molar refractivity (Wildman–Crippen MR) is 72.8 cm³/mol. The Bertz CT molecular complexity index is 272. The minimum absolute atomic E-state index is 0.0269. The fraction of sp³-hybridized carbons (Fsp3) is 0.923. The Kier molecular flexibility index (Phi) is 6.60. The zero-order valence-electron chi connectivity index (χ0n) is 11.3. The molecule has 1 fully saturated rings. The highest BCUT2D eigenvalue weighted by molar-refractivity contribution is 9.09. The number of carbonyl (C=O) groups excluding carboxylic acids is 1. The van der Waals surface area contributed by atoms with Gasteiger partial charge in [0.1, 0.15) is 6.10 Å². The number of alkyl halides is 1. The number of hydrogen-bond donors (Lipinski definition) is 1. The molecule has 0 aliphatic carbocycles. The molecule has 5 atom stereocenters. The smallest absolute Gasteiger partial charge is 0.302 e. The molecule has 0 aromatic carbocycles. The zero-order valence-corrected chi connectivity index (χ0v) is 12.9. The van der Waals surface area contributed by atoms with E-state index in [0.29, 0.717) is 17.7 Å². The maximum atomic E-state index is 11.0. The van der Waals surface area contributed by atoms with Crippen LogP contribution in [0.1, 0.15) is 46.5 Å². The van der Waals surface area contributed by atoms with E-state index in [0.717, 1.165) is 12.8 Å². The molecule has 0 unspecified atom stereocenters. The van der Waals surface area contributed by atoms with Gasteiger partial charge in [0.2, 0.25) is 0 Å². The summed E-state index contributed by atoms with van der Waals surface area (Å²) >= 11 is 3.61. The average molecular weight is 323 g/mol. The maximum absolute atomic E-state index is 11.0. The Morgan fingerprint density at radius 2 is 2.22 bits per heavy atom. The summed E-state index contributed by atoms with van der Waals surface area (Å²) in [7, 11) is 0. The molecular formula is C13H23BrO4. The van der Waals surface area contributed by atoms with Crippen molar-refractivity contribution in [2.45, 2.75) is 75.7 Å². The van der Waals surface area contributed by atoms with Crippen LogP contribution in [-0.2, 0) is 14.3 Å². The van der Waals surface area contributed by atoms with Crippen LogP contribution in [0.4, 0.5) is 0 Å². The minimum Gasteiger partial charge on any atom is -0.460 e. The highest BCUT2D eigenvalue weighted by Gasteiger charge is 2.31. The summed E-state index contributed by atoms with van der Waals surface area (Å²) in [5.74, 6) is -0.352. The summed E-state index contributed by atoms with van der Waals surface area (Å²) < 4.78 is 11.1. The molecule has 106 valence electrons. The van der Waals surface area contributed by atoms with Gasteiger partial charge in [0, 0.05) is 18.2 Å². The lowest BCUT2D eigenvalue weighted by Gasteiger charge is -2.33. The summed E-state index contributed by atoms with van der Waals surface area (Å²) in [5, 5.41) is 10.1. The third kappa shape index (κ3) is 4.86. The fourth-order valence-electron chi connectivity index (χ4n) is 2.30. The van der Waals surface area contributed by atoms with Gasteiger partial charge in [0.15, 0.2) is 0 Å². The van der Waals surface area contributed by atoms with Gasteiger partial charge in [-0.25, -0.2) is 0 Å². The van der Waals surface area contributed by atoms with E-state index < -0.39 is 12.2 Å². The molecule has 0 saturated carbocycles. The van der Waals surface area contributed by atoms with E-state index in [2.05, 4.69) is 22.9 Å². The standard InChI is InChI=1S/C13H23BrO4/c1-4-10(14)12-6-5-11(16)13(18-9(3)15)7-8(2)17-12/h8,10-13,16H,4-7H2,1-3H3/t8-,10+,11-,12+,13+/m1/s1. The van der Waals surface area contributed by atoms with Crippen molar-refractivity contribution in [1.82, 2.24) is 0 Å². The molecule has 5 heteroatoms. The number of aliphatic hydroxyl groups is 1. The third-order valence-electron chi connectivity index (χ3n) is 3.26. The van der Waals surface area contributed by atoms with Gasteiger partial charge >= 0.3 is 5.97 Å². The molecular weight excluding hydrogens is 300 g/mol. The van der Waals surface area contributed by atoms with E-state index in [4.69, 9.17) is 9.47 Å².